The Bertz CT molecular complexity index is 2080. The topological polar surface area (TPSA) is 86.3 Å². The molecule has 4 aromatic heterocycles. The number of rotatable bonds is 5. The monoisotopic (exact) mass is 614 g/mol. The van der Waals surface area contributed by atoms with Crippen LogP contribution in [0.2, 0.25) is 10.0 Å². The average Bonchev–Trinajstić information content (AvgIpc) is 3.55. The van der Waals surface area contributed by atoms with E-state index in [1.165, 1.54) is 18.3 Å². The Hall–Kier alpha value is -3.60. The number of sulfone groups is 1. The van der Waals surface area contributed by atoms with Crippen LogP contribution in [0.25, 0.3) is 22.5 Å². The van der Waals surface area contributed by atoms with E-state index in [1.807, 2.05) is 12.1 Å². The molecule has 1 aliphatic rings. The van der Waals surface area contributed by atoms with E-state index < -0.39 is 37.6 Å². The SMILES string of the molecule is Cc1cnc(-c2cccc(S(C)(=O)=O)c2F)c(F)c1-n1c(C)cc([C@H]2C[C@@H]2c2cc(Cl)cn3nccc23)c(Cl)c1=O. The van der Waals surface area contributed by atoms with Crippen molar-refractivity contribution in [3.05, 3.63) is 109 Å². The van der Waals surface area contributed by atoms with Crippen molar-refractivity contribution in [3.63, 3.8) is 0 Å². The predicted molar refractivity (Wildman–Crippen MR) is 153 cm³/mol. The number of benzene rings is 1. The van der Waals surface area contributed by atoms with Gasteiger partial charge in [0.2, 0.25) is 0 Å². The van der Waals surface area contributed by atoms with Gasteiger partial charge in [0.1, 0.15) is 15.6 Å². The quantitative estimate of drug-likeness (QED) is 0.228. The van der Waals surface area contributed by atoms with Crippen LogP contribution in [0, 0.1) is 25.5 Å². The normalized spacial score (nSPS) is 16.9. The second-order valence-electron chi connectivity index (χ2n) is 10.3. The van der Waals surface area contributed by atoms with E-state index in [1.54, 1.807) is 36.8 Å². The minimum Gasteiger partial charge on any atom is -0.277 e. The molecule has 0 amide bonds. The molecule has 0 saturated heterocycles. The fourth-order valence-electron chi connectivity index (χ4n) is 5.49. The number of pyridine rings is 3. The predicted octanol–water partition coefficient (Wildman–Crippen LogP) is 6.42. The maximum atomic E-state index is 16.1. The summed E-state index contributed by atoms with van der Waals surface area (Å²) in [6, 6.07) is 9.19. The van der Waals surface area contributed by atoms with E-state index in [2.05, 4.69) is 10.1 Å². The van der Waals surface area contributed by atoms with Crippen LogP contribution in [-0.2, 0) is 9.84 Å². The van der Waals surface area contributed by atoms with Crippen molar-refractivity contribution in [2.45, 2.75) is 37.0 Å². The van der Waals surface area contributed by atoms with Gasteiger partial charge in [0.15, 0.2) is 21.5 Å². The van der Waals surface area contributed by atoms with Crippen molar-refractivity contribution in [2.75, 3.05) is 6.26 Å². The van der Waals surface area contributed by atoms with Crippen molar-refractivity contribution in [2.24, 2.45) is 0 Å². The number of fused-ring (bicyclic) bond motifs is 1. The molecule has 6 rings (SSSR count). The highest BCUT2D eigenvalue weighted by atomic mass is 35.5. The van der Waals surface area contributed by atoms with Gasteiger partial charge in [-0.25, -0.2) is 21.7 Å². The Balaban J connectivity index is 1.45. The molecule has 0 radical (unpaired) electrons. The molecule has 0 aliphatic heterocycles. The molecule has 5 aromatic rings. The number of aryl methyl sites for hydroxylation is 2. The first kappa shape index (κ1) is 27.6. The van der Waals surface area contributed by atoms with Crippen LogP contribution in [0.1, 0.15) is 40.6 Å². The van der Waals surface area contributed by atoms with Crippen LogP contribution < -0.4 is 5.56 Å². The van der Waals surface area contributed by atoms with Crippen LogP contribution in [0.4, 0.5) is 8.78 Å². The summed E-state index contributed by atoms with van der Waals surface area (Å²) >= 11 is 13.0. The summed E-state index contributed by atoms with van der Waals surface area (Å²) in [6.45, 7) is 3.23. The summed E-state index contributed by atoms with van der Waals surface area (Å²) in [5, 5.41) is 4.76. The van der Waals surface area contributed by atoms with Gasteiger partial charge in [0, 0.05) is 36.1 Å². The highest BCUT2D eigenvalue weighted by Crippen LogP contribution is 2.57. The van der Waals surface area contributed by atoms with Crippen LogP contribution >= 0.6 is 23.2 Å². The Morgan fingerprint density at radius 1 is 1.02 bits per heavy atom. The van der Waals surface area contributed by atoms with Gasteiger partial charge in [-0.3, -0.25) is 14.3 Å². The summed E-state index contributed by atoms with van der Waals surface area (Å²) in [5.41, 5.74) is 1.76. The third kappa shape index (κ3) is 4.54. The zero-order valence-electron chi connectivity index (χ0n) is 22.0. The zero-order chi connectivity index (χ0) is 29.4. The molecule has 7 nitrogen and oxygen atoms in total. The van der Waals surface area contributed by atoms with Crippen molar-refractivity contribution in [3.8, 4) is 16.9 Å². The van der Waals surface area contributed by atoms with Gasteiger partial charge in [0.25, 0.3) is 5.56 Å². The lowest BCUT2D eigenvalue weighted by molar-refractivity contribution is 0.569. The van der Waals surface area contributed by atoms with E-state index in [0.29, 0.717) is 21.8 Å². The maximum absolute atomic E-state index is 16.1. The first-order valence-corrected chi connectivity index (χ1v) is 15.2. The van der Waals surface area contributed by atoms with E-state index >= 15 is 8.78 Å². The van der Waals surface area contributed by atoms with Gasteiger partial charge in [-0.05, 0) is 79.1 Å². The minimum atomic E-state index is -3.92. The molecule has 2 atom stereocenters. The van der Waals surface area contributed by atoms with Crippen LogP contribution in [-0.4, -0.2) is 33.8 Å². The Morgan fingerprint density at radius 2 is 1.76 bits per heavy atom. The van der Waals surface area contributed by atoms with Gasteiger partial charge < -0.3 is 0 Å². The van der Waals surface area contributed by atoms with Gasteiger partial charge in [-0.2, -0.15) is 5.10 Å². The van der Waals surface area contributed by atoms with Crippen molar-refractivity contribution in [1.29, 1.82) is 0 Å². The third-order valence-corrected chi connectivity index (χ3v) is 9.17. The molecule has 1 aromatic carbocycles. The summed E-state index contributed by atoms with van der Waals surface area (Å²) in [6.07, 6.45) is 6.32. The number of hydrogen-bond donors (Lipinski definition) is 0. The first-order valence-electron chi connectivity index (χ1n) is 12.6. The van der Waals surface area contributed by atoms with Crippen LogP contribution in [0.3, 0.4) is 0 Å². The summed E-state index contributed by atoms with van der Waals surface area (Å²) < 4.78 is 58.3. The molecule has 0 unspecified atom stereocenters. The second kappa shape index (κ2) is 9.75. The molecule has 12 heteroatoms. The highest BCUT2D eigenvalue weighted by Gasteiger charge is 2.43. The van der Waals surface area contributed by atoms with E-state index in [4.69, 9.17) is 23.2 Å². The number of aromatic nitrogens is 4. The summed E-state index contributed by atoms with van der Waals surface area (Å²) in [7, 11) is -3.92. The highest BCUT2D eigenvalue weighted by molar-refractivity contribution is 7.90. The van der Waals surface area contributed by atoms with Crippen LogP contribution in [0.15, 0.2) is 64.7 Å². The van der Waals surface area contributed by atoms with Gasteiger partial charge >= 0.3 is 0 Å². The fourth-order valence-corrected chi connectivity index (χ4v) is 6.74. The lowest BCUT2D eigenvalue weighted by atomic mass is 10.0. The summed E-state index contributed by atoms with van der Waals surface area (Å²) in [4.78, 5) is 17.1. The molecule has 4 heterocycles. The zero-order valence-corrected chi connectivity index (χ0v) is 24.3. The van der Waals surface area contributed by atoms with Gasteiger partial charge in [-0.1, -0.05) is 29.3 Å². The Kier molecular flexibility index (Phi) is 6.55. The van der Waals surface area contributed by atoms with Crippen molar-refractivity contribution in [1.82, 2.24) is 19.2 Å². The molecule has 1 aliphatic carbocycles. The van der Waals surface area contributed by atoms with E-state index in [0.717, 1.165) is 34.4 Å². The molecule has 0 bridgehead atoms. The fraction of sp³-hybridized carbons (Fsp3) is 0.207. The number of halogens is 4. The smallest absolute Gasteiger partial charge is 0.274 e. The number of hydrogen-bond acceptors (Lipinski definition) is 5. The molecule has 210 valence electrons. The molecular formula is C29H22Cl2F2N4O3S. The van der Waals surface area contributed by atoms with E-state index in [9.17, 15) is 13.2 Å². The standard InChI is InChI=1S/C29H22Cl2F2N4O3S/c1-14-12-34-27(17-5-4-6-23(25(17)32)41(3,39)40)26(33)28(14)37-15(2)9-21(24(31)29(37)38)19-11-18(19)20-10-16(30)13-36-22(20)7-8-35-36/h4-10,12-13,18-19H,11H2,1-3H3/t18-,19-/m0/s1. The van der Waals surface area contributed by atoms with Crippen LogP contribution in [0.5, 0.6) is 0 Å². The summed E-state index contributed by atoms with van der Waals surface area (Å²) in [5.74, 6) is -2.08. The lowest BCUT2D eigenvalue weighted by Gasteiger charge is -2.18. The molecule has 0 spiro atoms. The lowest BCUT2D eigenvalue weighted by Crippen LogP contribution is -2.24. The van der Waals surface area contributed by atoms with Gasteiger partial charge in [0.05, 0.1) is 16.2 Å². The minimum absolute atomic E-state index is 0.0444. The van der Waals surface area contributed by atoms with Gasteiger partial charge in [-0.15, -0.1) is 0 Å². The Morgan fingerprint density at radius 3 is 2.49 bits per heavy atom. The third-order valence-electron chi connectivity index (χ3n) is 7.47. The average molecular weight is 615 g/mol. The molecule has 1 fully saturated rings. The molecule has 41 heavy (non-hydrogen) atoms. The Labute approximate surface area is 243 Å². The number of nitrogens with zero attached hydrogens (tertiary/aromatic N) is 4. The molecular weight excluding hydrogens is 593 g/mol. The molecule has 1 saturated carbocycles. The van der Waals surface area contributed by atoms with Crippen molar-refractivity contribution >= 4 is 38.6 Å². The largest absolute Gasteiger partial charge is 0.277 e. The van der Waals surface area contributed by atoms with E-state index in [-0.39, 0.29) is 28.1 Å². The first-order chi connectivity index (χ1) is 19.4. The maximum Gasteiger partial charge on any atom is 0.274 e. The second-order valence-corrected chi connectivity index (χ2v) is 13.1. The molecule has 0 N–H and O–H groups in total. The van der Waals surface area contributed by atoms with Crippen molar-refractivity contribution < 1.29 is 17.2 Å².